The molecule has 0 bridgehead atoms. The topological polar surface area (TPSA) is 129 Å². The van der Waals surface area contributed by atoms with Crippen molar-refractivity contribution < 1.29 is 49.8 Å². The number of aliphatic hydroxyl groups is 1. The summed E-state index contributed by atoms with van der Waals surface area (Å²) in [7, 11) is -3.94. The summed E-state index contributed by atoms with van der Waals surface area (Å²) in [5.74, 6) is -6.26. The quantitative estimate of drug-likeness (QED) is 0.356. The van der Waals surface area contributed by atoms with Gasteiger partial charge < -0.3 is 20.1 Å². The number of piperidine rings is 2. The van der Waals surface area contributed by atoms with Gasteiger partial charge in [0.05, 0.1) is 10.6 Å². The highest BCUT2D eigenvalue weighted by Crippen LogP contribution is 2.38. The van der Waals surface area contributed by atoms with Gasteiger partial charge in [0.15, 0.2) is 6.61 Å². The molecule has 3 aliphatic rings. The van der Waals surface area contributed by atoms with Gasteiger partial charge >= 0.3 is 12.1 Å². The van der Waals surface area contributed by atoms with E-state index in [0.717, 1.165) is 11.5 Å². The standard InChI is InChI=1S/C33H36ClF5N4O6S/c1-20-16-23(28(44)42-11-7-30(3,46)8-12-42)17-21(2)24(20)6-15-50(47,48)43-13-9-31(10-14-43)29(45)40-27(41-31)22-4-5-25(34)26(18-22)49-19-32(35,36)33(37,38)39/h4-6,15-18,46H,7-14,19H2,1-3H3,(H,40,41,45). The van der Waals surface area contributed by atoms with E-state index in [4.69, 9.17) is 11.6 Å². The molecule has 0 aliphatic carbocycles. The molecule has 2 aromatic carbocycles. The van der Waals surface area contributed by atoms with Crippen LogP contribution in [0.25, 0.3) is 6.08 Å². The Labute approximate surface area is 291 Å². The molecule has 272 valence electrons. The highest BCUT2D eigenvalue weighted by molar-refractivity contribution is 7.92. The third kappa shape index (κ3) is 7.82. The summed E-state index contributed by atoms with van der Waals surface area (Å²) in [6.45, 7) is 4.08. The second kappa shape index (κ2) is 13.5. The van der Waals surface area contributed by atoms with Crippen LogP contribution in [-0.4, -0.2) is 96.4 Å². The van der Waals surface area contributed by atoms with Crippen molar-refractivity contribution in [2.24, 2.45) is 4.99 Å². The largest absolute Gasteiger partial charge is 0.485 e. The number of benzene rings is 2. The number of aryl methyl sites for hydroxylation is 2. The average Bonchev–Trinajstić information content (AvgIpc) is 3.34. The summed E-state index contributed by atoms with van der Waals surface area (Å²) in [6.07, 6.45) is -3.36. The number of ether oxygens (including phenoxy) is 1. The Morgan fingerprint density at radius 3 is 2.22 bits per heavy atom. The minimum atomic E-state index is -5.82. The zero-order valence-electron chi connectivity index (χ0n) is 27.4. The van der Waals surface area contributed by atoms with E-state index in [1.807, 2.05) is 0 Å². The maximum atomic E-state index is 13.4. The van der Waals surface area contributed by atoms with Gasteiger partial charge in [-0.2, -0.15) is 26.3 Å². The molecule has 17 heteroatoms. The Morgan fingerprint density at radius 2 is 1.64 bits per heavy atom. The Hall–Kier alpha value is -3.60. The summed E-state index contributed by atoms with van der Waals surface area (Å²) in [6, 6.07) is 7.09. The maximum absolute atomic E-state index is 13.4. The van der Waals surface area contributed by atoms with Gasteiger partial charge in [-0.15, -0.1) is 0 Å². The summed E-state index contributed by atoms with van der Waals surface area (Å²) in [5.41, 5.74) is 0.543. The first-order valence-electron chi connectivity index (χ1n) is 15.7. The number of amidine groups is 1. The first-order valence-corrected chi connectivity index (χ1v) is 17.6. The molecule has 0 radical (unpaired) electrons. The minimum absolute atomic E-state index is 0.00957. The monoisotopic (exact) mass is 746 g/mol. The first-order chi connectivity index (χ1) is 23.1. The number of carbonyl (C=O) groups excluding carboxylic acids is 2. The van der Waals surface area contributed by atoms with E-state index in [1.165, 1.54) is 22.5 Å². The molecule has 0 unspecified atom stereocenters. The highest BCUT2D eigenvalue weighted by atomic mass is 35.5. The Balaban J connectivity index is 1.25. The zero-order valence-corrected chi connectivity index (χ0v) is 29.0. The molecule has 2 aromatic rings. The molecule has 2 saturated heterocycles. The van der Waals surface area contributed by atoms with Crippen molar-refractivity contribution in [1.82, 2.24) is 14.5 Å². The van der Waals surface area contributed by atoms with E-state index in [0.29, 0.717) is 48.2 Å². The van der Waals surface area contributed by atoms with E-state index in [-0.39, 0.29) is 48.3 Å². The van der Waals surface area contributed by atoms with Crippen molar-refractivity contribution >= 4 is 45.4 Å². The van der Waals surface area contributed by atoms with Gasteiger partial charge in [0.2, 0.25) is 10.0 Å². The van der Waals surface area contributed by atoms with E-state index in [9.17, 15) is 45.1 Å². The Bertz CT molecular complexity index is 1820. The lowest BCUT2D eigenvalue weighted by Gasteiger charge is -2.36. The molecule has 1 spiro atoms. The van der Waals surface area contributed by atoms with Crippen LogP contribution < -0.4 is 10.1 Å². The molecule has 0 saturated carbocycles. The molecule has 2 fully saturated rings. The van der Waals surface area contributed by atoms with Gasteiger partial charge in [-0.3, -0.25) is 14.6 Å². The number of halogens is 6. The number of nitrogens with one attached hydrogen (secondary N) is 1. The Morgan fingerprint density at radius 1 is 1.04 bits per heavy atom. The van der Waals surface area contributed by atoms with Crippen molar-refractivity contribution in [3.8, 4) is 5.75 Å². The predicted octanol–water partition coefficient (Wildman–Crippen LogP) is 5.23. The van der Waals surface area contributed by atoms with Crippen LogP contribution in [0, 0.1) is 13.8 Å². The minimum Gasteiger partial charge on any atom is -0.485 e. The third-order valence-electron chi connectivity index (χ3n) is 9.29. The molecule has 3 aliphatic heterocycles. The van der Waals surface area contributed by atoms with Gasteiger partial charge in [0, 0.05) is 42.7 Å². The summed E-state index contributed by atoms with van der Waals surface area (Å²) >= 11 is 5.95. The van der Waals surface area contributed by atoms with Crippen molar-refractivity contribution in [2.75, 3.05) is 32.8 Å². The van der Waals surface area contributed by atoms with Crippen LogP contribution in [-0.2, 0) is 14.8 Å². The van der Waals surface area contributed by atoms with Gasteiger partial charge in [0.1, 0.15) is 17.1 Å². The highest BCUT2D eigenvalue weighted by Gasteiger charge is 2.58. The average molecular weight is 747 g/mol. The summed E-state index contributed by atoms with van der Waals surface area (Å²) in [5, 5.41) is 13.6. The smallest absolute Gasteiger partial charge is 0.456 e. The third-order valence-corrected chi connectivity index (χ3v) is 11.2. The Kier molecular flexibility index (Phi) is 10.2. The van der Waals surface area contributed by atoms with Crippen molar-refractivity contribution in [2.45, 2.75) is 69.7 Å². The van der Waals surface area contributed by atoms with Gasteiger partial charge in [-0.25, -0.2) is 8.42 Å². The maximum Gasteiger partial charge on any atom is 0.456 e. The lowest BCUT2D eigenvalue weighted by molar-refractivity contribution is -0.290. The number of alkyl halides is 5. The van der Waals surface area contributed by atoms with Crippen molar-refractivity contribution in [3.05, 3.63) is 68.6 Å². The van der Waals surface area contributed by atoms with Crippen molar-refractivity contribution in [3.63, 3.8) is 0 Å². The normalized spacial score (nSPS) is 19.9. The van der Waals surface area contributed by atoms with Gasteiger partial charge in [-0.05, 0) is 99.6 Å². The number of sulfonamides is 1. The molecule has 2 N–H and O–H groups in total. The molecular formula is C33H36ClF5N4O6S. The van der Waals surface area contributed by atoms with E-state index >= 15 is 0 Å². The first kappa shape index (κ1) is 37.7. The molecule has 0 aromatic heterocycles. The lowest BCUT2D eigenvalue weighted by Crippen LogP contribution is -2.50. The summed E-state index contributed by atoms with van der Waals surface area (Å²) in [4.78, 5) is 32.4. The molecule has 3 heterocycles. The molecule has 10 nitrogen and oxygen atoms in total. The number of carbonyl (C=O) groups is 2. The predicted molar refractivity (Wildman–Crippen MR) is 176 cm³/mol. The molecule has 2 amide bonds. The number of aliphatic imine (C=N–C) groups is 1. The van der Waals surface area contributed by atoms with Crippen LogP contribution in [0.2, 0.25) is 5.02 Å². The molecule has 5 rings (SSSR count). The van der Waals surface area contributed by atoms with Crippen molar-refractivity contribution in [1.29, 1.82) is 0 Å². The molecule has 0 atom stereocenters. The van der Waals surface area contributed by atoms with Crippen LogP contribution in [0.5, 0.6) is 5.75 Å². The van der Waals surface area contributed by atoms with Crippen LogP contribution in [0.1, 0.15) is 65.2 Å². The molecule has 50 heavy (non-hydrogen) atoms. The number of amides is 2. The van der Waals surface area contributed by atoms with E-state index < -0.39 is 51.5 Å². The summed E-state index contributed by atoms with van der Waals surface area (Å²) < 4.78 is 97.1. The van der Waals surface area contributed by atoms with E-state index in [2.05, 4.69) is 15.0 Å². The number of hydrogen-bond acceptors (Lipinski definition) is 7. The van der Waals surface area contributed by atoms with Crippen LogP contribution in [0.15, 0.2) is 40.7 Å². The molecular weight excluding hydrogens is 711 g/mol. The van der Waals surface area contributed by atoms with E-state index in [1.54, 1.807) is 37.8 Å². The zero-order chi connectivity index (χ0) is 36.9. The van der Waals surface area contributed by atoms with Crippen LogP contribution in [0.4, 0.5) is 22.0 Å². The van der Waals surface area contributed by atoms with Crippen LogP contribution >= 0.6 is 11.6 Å². The van der Waals surface area contributed by atoms with Gasteiger partial charge in [0.25, 0.3) is 11.8 Å². The number of nitrogens with zero attached hydrogens (tertiary/aromatic N) is 3. The fraction of sp³-hybridized carbons (Fsp3) is 0.485. The SMILES string of the molecule is Cc1cc(C(=O)N2CCC(C)(O)CC2)cc(C)c1C=CS(=O)(=O)N1CCC2(CC1)N=C(c1ccc(Cl)c(OCC(F)(F)C(F)(F)F)c1)NC2=O. The van der Waals surface area contributed by atoms with Gasteiger partial charge in [-0.1, -0.05) is 11.6 Å². The number of hydrogen-bond donors (Lipinski definition) is 2. The fourth-order valence-corrected chi connectivity index (χ4v) is 7.43. The second-order valence-corrected chi connectivity index (χ2v) is 15.4. The number of rotatable bonds is 8. The lowest BCUT2D eigenvalue weighted by atomic mass is 9.89. The second-order valence-electron chi connectivity index (χ2n) is 13.1. The van der Waals surface area contributed by atoms with Crippen LogP contribution in [0.3, 0.4) is 0 Å². The number of likely N-dealkylation sites (tertiary alicyclic amines) is 1. The fourth-order valence-electron chi connectivity index (χ4n) is 6.09.